The average molecular weight is 384 g/mol. The molecule has 0 saturated carbocycles. The highest BCUT2D eigenvalue weighted by Gasteiger charge is 2.29. The predicted molar refractivity (Wildman–Crippen MR) is 104 cm³/mol. The fourth-order valence-corrected chi connectivity index (χ4v) is 2.44. The summed E-state index contributed by atoms with van der Waals surface area (Å²) < 4.78 is 11.0. The molecule has 2 rings (SSSR count). The van der Waals surface area contributed by atoms with Crippen LogP contribution < -0.4 is 15.4 Å². The van der Waals surface area contributed by atoms with E-state index in [-0.39, 0.29) is 0 Å². The van der Waals surface area contributed by atoms with Gasteiger partial charge in [-0.3, -0.25) is 10.1 Å². The minimum absolute atomic E-state index is 0.357. The molecule has 0 bridgehead atoms. The Balaban J connectivity index is 2.11. The Hall–Kier alpha value is -3.35. The summed E-state index contributed by atoms with van der Waals surface area (Å²) >= 11 is 0. The van der Waals surface area contributed by atoms with Crippen LogP contribution in [0.3, 0.4) is 0 Å². The number of hydrogen-bond donors (Lipinski definition) is 2. The molecule has 0 heterocycles. The van der Waals surface area contributed by atoms with Crippen molar-refractivity contribution >= 4 is 17.9 Å². The fourth-order valence-electron chi connectivity index (χ4n) is 2.44. The van der Waals surface area contributed by atoms with Gasteiger partial charge in [-0.05, 0) is 38.5 Å². The van der Waals surface area contributed by atoms with Crippen LogP contribution in [-0.2, 0) is 14.3 Å². The van der Waals surface area contributed by atoms with E-state index in [4.69, 9.17) is 9.47 Å². The number of urea groups is 1. The maximum atomic E-state index is 12.5. The largest absolute Gasteiger partial charge is 0.479 e. The summed E-state index contributed by atoms with van der Waals surface area (Å²) in [6.07, 6.45) is -2.22. The molecule has 0 saturated heterocycles. The molecule has 0 radical (unpaired) electrons. The van der Waals surface area contributed by atoms with Crippen LogP contribution in [-0.4, -0.2) is 30.6 Å². The fraction of sp³-hybridized carbons (Fsp3) is 0.286. The maximum Gasteiger partial charge on any atom is 0.348 e. The van der Waals surface area contributed by atoms with Crippen LogP contribution >= 0.6 is 0 Å². The number of hydrogen-bond acceptors (Lipinski definition) is 5. The number of nitrogens with one attached hydrogen (secondary N) is 2. The second-order valence-corrected chi connectivity index (χ2v) is 6.15. The van der Waals surface area contributed by atoms with Gasteiger partial charge in [0.1, 0.15) is 5.75 Å². The first kappa shape index (κ1) is 21.0. The van der Waals surface area contributed by atoms with Crippen LogP contribution in [0.2, 0.25) is 0 Å². The molecule has 0 spiro atoms. The normalized spacial score (nSPS) is 12.4. The van der Waals surface area contributed by atoms with Gasteiger partial charge in [-0.1, -0.05) is 42.5 Å². The van der Waals surface area contributed by atoms with Crippen molar-refractivity contribution in [2.24, 2.45) is 0 Å². The summed E-state index contributed by atoms with van der Waals surface area (Å²) in [4.78, 5) is 36.7. The van der Waals surface area contributed by atoms with E-state index < -0.39 is 30.1 Å². The molecule has 0 fully saturated rings. The summed E-state index contributed by atoms with van der Waals surface area (Å²) in [5.74, 6) is -0.942. The minimum atomic E-state index is -1.28. The van der Waals surface area contributed by atoms with Gasteiger partial charge >= 0.3 is 12.0 Å². The maximum absolute atomic E-state index is 12.5. The molecule has 2 atom stereocenters. The lowest BCUT2D eigenvalue weighted by Crippen LogP contribution is -2.43. The molecule has 7 heteroatoms. The molecule has 0 aliphatic carbocycles. The molecular formula is C21H24N2O5. The number of carbonyl (C=O) groups excluding carboxylic acids is 3. The third-order valence-corrected chi connectivity index (χ3v) is 3.78. The van der Waals surface area contributed by atoms with E-state index >= 15 is 0 Å². The summed E-state index contributed by atoms with van der Waals surface area (Å²) in [6, 6.07) is 15.1. The third kappa shape index (κ3) is 6.12. The van der Waals surface area contributed by atoms with Gasteiger partial charge in [0.15, 0.2) is 6.10 Å². The Kier molecular flexibility index (Phi) is 7.56. The second-order valence-electron chi connectivity index (χ2n) is 6.15. The molecule has 0 aliphatic rings. The van der Waals surface area contributed by atoms with Crippen molar-refractivity contribution in [2.45, 2.75) is 33.0 Å². The minimum Gasteiger partial charge on any atom is -0.479 e. The van der Waals surface area contributed by atoms with Crippen molar-refractivity contribution in [2.75, 3.05) is 6.54 Å². The van der Waals surface area contributed by atoms with Crippen LogP contribution in [0, 0.1) is 6.92 Å². The Morgan fingerprint density at radius 1 is 1.04 bits per heavy atom. The van der Waals surface area contributed by atoms with E-state index in [9.17, 15) is 14.4 Å². The summed E-state index contributed by atoms with van der Waals surface area (Å²) in [6.45, 7) is 5.53. The topological polar surface area (TPSA) is 93.7 Å². The molecule has 148 valence electrons. The Morgan fingerprint density at radius 3 is 2.39 bits per heavy atom. The molecule has 7 nitrogen and oxygen atoms in total. The van der Waals surface area contributed by atoms with Gasteiger partial charge in [0, 0.05) is 12.1 Å². The Morgan fingerprint density at radius 2 is 1.75 bits per heavy atom. The predicted octanol–water partition coefficient (Wildman–Crippen LogP) is 2.89. The van der Waals surface area contributed by atoms with Gasteiger partial charge < -0.3 is 14.8 Å². The van der Waals surface area contributed by atoms with Gasteiger partial charge in [0.25, 0.3) is 5.91 Å². The van der Waals surface area contributed by atoms with Gasteiger partial charge in [-0.2, -0.15) is 0 Å². The van der Waals surface area contributed by atoms with Crippen molar-refractivity contribution in [1.82, 2.24) is 10.6 Å². The van der Waals surface area contributed by atoms with Crippen LogP contribution in [0.15, 0.2) is 54.6 Å². The number of imide groups is 1. The SMILES string of the molecule is CCNC(=O)NC(=O)[C@H](OC(=O)[C@@H](C)Oc1cccc(C)c1)c1ccccc1. The number of amides is 3. The zero-order chi connectivity index (χ0) is 20.5. The molecule has 3 amide bonds. The molecule has 28 heavy (non-hydrogen) atoms. The zero-order valence-electron chi connectivity index (χ0n) is 16.1. The van der Waals surface area contributed by atoms with E-state index in [1.165, 1.54) is 6.92 Å². The van der Waals surface area contributed by atoms with E-state index in [2.05, 4.69) is 10.6 Å². The third-order valence-electron chi connectivity index (χ3n) is 3.78. The van der Waals surface area contributed by atoms with Crippen molar-refractivity contribution < 1.29 is 23.9 Å². The number of ether oxygens (including phenoxy) is 2. The standard InChI is InChI=1S/C21H24N2O5/c1-4-22-21(26)23-19(24)18(16-10-6-5-7-11-16)28-20(25)15(3)27-17-12-8-9-14(2)13-17/h5-13,15,18H,4H2,1-3H3,(H2,22,23,24,26)/t15-,18-/m1/s1. The smallest absolute Gasteiger partial charge is 0.348 e. The lowest BCUT2D eigenvalue weighted by atomic mass is 10.1. The van der Waals surface area contributed by atoms with E-state index in [1.54, 1.807) is 49.4 Å². The number of esters is 1. The molecule has 0 aliphatic heterocycles. The van der Waals surface area contributed by atoms with Crippen LogP contribution in [0.1, 0.15) is 31.1 Å². The highest BCUT2D eigenvalue weighted by molar-refractivity contribution is 5.97. The summed E-state index contributed by atoms with van der Waals surface area (Å²) in [5, 5.41) is 4.63. The molecule has 0 unspecified atom stereocenters. The average Bonchev–Trinajstić information content (AvgIpc) is 2.66. The highest BCUT2D eigenvalue weighted by atomic mass is 16.6. The molecule has 2 aromatic rings. The van der Waals surface area contributed by atoms with Crippen molar-refractivity contribution in [1.29, 1.82) is 0 Å². The van der Waals surface area contributed by atoms with Crippen LogP contribution in [0.25, 0.3) is 0 Å². The highest BCUT2D eigenvalue weighted by Crippen LogP contribution is 2.20. The van der Waals surface area contributed by atoms with Crippen molar-refractivity contribution in [3.63, 3.8) is 0 Å². The van der Waals surface area contributed by atoms with Crippen LogP contribution in [0.5, 0.6) is 5.75 Å². The lowest BCUT2D eigenvalue weighted by Gasteiger charge is -2.20. The first-order valence-corrected chi connectivity index (χ1v) is 8.98. The van der Waals surface area contributed by atoms with Gasteiger partial charge in [0.2, 0.25) is 6.10 Å². The molecule has 2 aromatic carbocycles. The second kappa shape index (κ2) is 10.1. The first-order chi connectivity index (χ1) is 13.4. The van der Waals surface area contributed by atoms with Gasteiger partial charge in [-0.25, -0.2) is 9.59 Å². The first-order valence-electron chi connectivity index (χ1n) is 8.98. The Bertz CT molecular complexity index is 823. The number of aryl methyl sites for hydroxylation is 1. The van der Waals surface area contributed by atoms with Crippen molar-refractivity contribution in [3.05, 3.63) is 65.7 Å². The van der Waals surface area contributed by atoms with Crippen molar-refractivity contribution in [3.8, 4) is 5.75 Å². The zero-order valence-corrected chi connectivity index (χ0v) is 16.1. The summed E-state index contributed by atoms with van der Waals surface area (Å²) in [5.41, 5.74) is 1.43. The van der Waals surface area contributed by atoms with Crippen LogP contribution in [0.4, 0.5) is 4.79 Å². The lowest BCUT2D eigenvalue weighted by molar-refractivity contribution is -0.162. The molecule has 2 N–H and O–H groups in total. The van der Waals surface area contributed by atoms with E-state index in [1.807, 2.05) is 19.1 Å². The molecule has 0 aromatic heterocycles. The molecular weight excluding hydrogens is 360 g/mol. The van der Waals surface area contributed by atoms with Gasteiger partial charge in [0.05, 0.1) is 0 Å². The quantitative estimate of drug-likeness (QED) is 0.716. The summed E-state index contributed by atoms with van der Waals surface area (Å²) in [7, 11) is 0. The van der Waals surface area contributed by atoms with Gasteiger partial charge in [-0.15, -0.1) is 0 Å². The number of rotatable bonds is 7. The Labute approximate surface area is 164 Å². The number of carbonyl (C=O) groups is 3. The van der Waals surface area contributed by atoms with E-state index in [0.717, 1.165) is 5.56 Å². The number of benzene rings is 2. The van der Waals surface area contributed by atoms with E-state index in [0.29, 0.717) is 17.9 Å². The monoisotopic (exact) mass is 384 g/mol.